The molecule has 1 aromatic heterocycles. The Morgan fingerprint density at radius 1 is 1.06 bits per heavy atom. The zero-order chi connectivity index (χ0) is 23.8. The van der Waals surface area contributed by atoms with Crippen LogP contribution in [0.3, 0.4) is 0 Å². The van der Waals surface area contributed by atoms with Crippen molar-refractivity contribution in [2.45, 2.75) is 51.7 Å². The molecule has 33 heavy (non-hydrogen) atoms. The first-order chi connectivity index (χ1) is 15.6. The van der Waals surface area contributed by atoms with E-state index < -0.39 is 12.1 Å². The standard InChI is InChI=1S/C23H28F3N5O2/c1-15-20(21(32)30-12-8-18(9-13-30)29-10-3-4-11-29)16(2)31(28-15)19-7-5-6-17(14-19)27-22(33)23(24,25)26/h5-7,14,18H,3-4,8-13H2,1-2H3,(H,27,33). The zero-order valence-electron chi connectivity index (χ0n) is 18.8. The summed E-state index contributed by atoms with van der Waals surface area (Å²) < 4.78 is 39.3. The zero-order valence-corrected chi connectivity index (χ0v) is 18.8. The van der Waals surface area contributed by atoms with E-state index in [2.05, 4.69) is 10.00 Å². The second kappa shape index (κ2) is 9.17. The number of alkyl halides is 3. The van der Waals surface area contributed by atoms with Crippen LogP contribution >= 0.6 is 0 Å². The van der Waals surface area contributed by atoms with Crippen molar-refractivity contribution >= 4 is 17.5 Å². The summed E-state index contributed by atoms with van der Waals surface area (Å²) in [5.41, 5.74) is 2.14. The second-order valence-electron chi connectivity index (χ2n) is 8.73. The molecule has 0 atom stereocenters. The van der Waals surface area contributed by atoms with Gasteiger partial charge in [0, 0.05) is 24.8 Å². The average molecular weight is 464 g/mol. The third-order valence-electron chi connectivity index (χ3n) is 6.52. The van der Waals surface area contributed by atoms with Gasteiger partial charge in [-0.3, -0.25) is 9.59 Å². The molecular formula is C23H28F3N5O2. The minimum absolute atomic E-state index is 0.000704. The van der Waals surface area contributed by atoms with Gasteiger partial charge in [-0.05, 0) is 70.8 Å². The van der Waals surface area contributed by atoms with Crippen LogP contribution in [0.1, 0.15) is 47.4 Å². The number of rotatable bonds is 4. The maximum Gasteiger partial charge on any atom is 0.471 e. The molecule has 0 bridgehead atoms. The molecule has 0 radical (unpaired) electrons. The monoisotopic (exact) mass is 463 g/mol. The molecule has 2 aliphatic heterocycles. The number of anilines is 1. The molecule has 0 saturated carbocycles. The number of halogens is 3. The van der Waals surface area contributed by atoms with Crippen LogP contribution in [-0.4, -0.2) is 69.8 Å². The van der Waals surface area contributed by atoms with E-state index in [1.165, 1.54) is 35.7 Å². The van der Waals surface area contributed by atoms with Crippen molar-refractivity contribution in [3.63, 3.8) is 0 Å². The van der Waals surface area contributed by atoms with E-state index in [0.29, 0.717) is 41.8 Å². The lowest BCUT2D eigenvalue weighted by molar-refractivity contribution is -0.167. The molecule has 0 unspecified atom stereocenters. The Morgan fingerprint density at radius 3 is 2.36 bits per heavy atom. The number of likely N-dealkylation sites (tertiary alicyclic amines) is 2. The fourth-order valence-electron chi connectivity index (χ4n) is 4.82. The van der Waals surface area contributed by atoms with Gasteiger partial charge in [-0.2, -0.15) is 18.3 Å². The Kier molecular flexibility index (Phi) is 6.47. The minimum Gasteiger partial charge on any atom is -0.338 e. The molecule has 2 amide bonds. The van der Waals surface area contributed by atoms with Gasteiger partial charge in [0.25, 0.3) is 5.91 Å². The first-order valence-electron chi connectivity index (χ1n) is 11.2. The summed E-state index contributed by atoms with van der Waals surface area (Å²) in [4.78, 5) is 29.0. The van der Waals surface area contributed by atoms with Gasteiger partial charge in [-0.1, -0.05) is 6.07 Å². The van der Waals surface area contributed by atoms with Crippen LogP contribution in [0.2, 0.25) is 0 Å². The van der Waals surface area contributed by atoms with Crippen LogP contribution in [0.25, 0.3) is 5.69 Å². The van der Waals surface area contributed by atoms with E-state index >= 15 is 0 Å². The highest BCUT2D eigenvalue weighted by Crippen LogP contribution is 2.26. The van der Waals surface area contributed by atoms with Crippen molar-refractivity contribution in [2.75, 3.05) is 31.5 Å². The first-order valence-corrected chi connectivity index (χ1v) is 11.2. The fourth-order valence-corrected chi connectivity index (χ4v) is 4.82. The van der Waals surface area contributed by atoms with Crippen LogP contribution in [0.4, 0.5) is 18.9 Å². The van der Waals surface area contributed by atoms with Crippen molar-refractivity contribution in [3.8, 4) is 5.69 Å². The highest BCUT2D eigenvalue weighted by Gasteiger charge is 2.38. The summed E-state index contributed by atoms with van der Waals surface area (Å²) in [5, 5.41) is 6.32. The lowest BCUT2D eigenvalue weighted by atomic mass is 10.0. The summed E-state index contributed by atoms with van der Waals surface area (Å²) in [6, 6.07) is 6.51. The summed E-state index contributed by atoms with van der Waals surface area (Å²) in [7, 11) is 0. The Labute approximate surface area is 190 Å². The van der Waals surface area contributed by atoms with Crippen LogP contribution in [0.5, 0.6) is 0 Å². The van der Waals surface area contributed by atoms with Crippen molar-refractivity contribution in [1.82, 2.24) is 19.6 Å². The van der Waals surface area contributed by atoms with E-state index in [9.17, 15) is 22.8 Å². The van der Waals surface area contributed by atoms with Crippen molar-refractivity contribution < 1.29 is 22.8 Å². The fraction of sp³-hybridized carbons (Fsp3) is 0.522. The van der Waals surface area contributed by atoms with Crippen LogP contribution in [0.15, 0.2) is 24.3 Å². The maximum atomic E-state index is 13.3. The third-order valence-corrected chi connectivity index (χ3v) is 6.52. The summed E-state index contributed by atoms with van der Waals surface area (Å²) in [5.74, 6) is -2.11. The molecule has 2 fully saturated rings. The normalized spacial score (nSPS) is 18.0. The highest BCUT2D eigenvalue weighted by atomic mass is 19.4. The van der Waals surface area contributed by atoms with Gasteiger partial charge in [0.05, 0.1) is 22.6 Å². The molecule has 2 saturated heterocycles. The number of aromatic nitrogens is 2. The quantitative estimate of drug-likeness (QED) is 0.751. The molecule has 0 aliphatic carbocycles. The van der Waals surface area contributed by atoms with Gasteiger partial charge < -0.3 is 15.1 Å². The van der Waals surface area contributed by atoms with Gasteiger partial charge >= 0.3 is 12.1 Å². The van der Waals surface area contributed by atoms with E-state index in [0.717, 1.165) is 25.9 Å². The SMILES string of the molecule is Cc1nn(-c2cccc(NC(=O)C(F)(F)F)c2)c(C)c1C(=O)N1CCC(N2CCCC2)CC1. The molecule has 2 aliphatic rings. The lowest BCUT2D eigenvalue weighted by Gasteiger charge is -2.36. The number of nitrogens with one attached hydrogen (secondary N) is 1. The summed E-state index contributed by atoms with van der Waals surface area (Å²) in [6.07, 6.45) is -0.566. The molecular weight excluding hydrogens is 435 g/mol. The van der Waals surface area contributed by atoms with Gasteiger partial charge in [-0.25, -0.2) is 4.68 Å². The molecule has 178 valence electrons. The molecule has 1 N–H and O–H groups in total. The molecule has 0 spiro atoms. The van der Waals surface area contributed by atoms with E-state index in [1.807, 2.05) is 10.2 Å². The number of carbonyl (C=O) groups excluding carboxylic acids is 2. The second-order valence-corrected chi connectivity index (χ2v) is 8.73. The highest BCUT2D eigenvalue weighted by molar-refractivity contribution is 5.97. The lowest BCUT2D eigenvalue weighted by Crippen LogP contribution is -2.46. The summed E-state index contributed by atoms with van der Waals surface area (Å²) >= 11 is 0. The van der Waals surface area contributed by atoms with Crippen LogP contribution < -0.4 is 5.32 Å². The van der Waals surface area contributed by atoms with Crippen molar-refractivity contribution in [1.29, 1.82) is 0 Å². The predicted octanol–water partition coefficient (Wildman–Crippen LogP) is 3.69. The number of hydrogen-bond donors (Lipinski definition) is 1. The Morgan fingerprint density at radius 2 is 1.73 bits per heavy atom. The van der Waals surface area contributed by atoms with Gasteiger partial charge in [-0.15, -0.1) is 0 Å². The van der Waals surface area contributed by atoms with Crippen LogP contribution in [0, 0.1) is 13.8 Å². The minimum atomic E-state index is -4.98. The topological polar surface area (TPSA) is 70.5 Å². The largest absolute Gasteiger partial charge is 0.471 e. The van der Waals surface area contributed by atoms with E-state index in [4.69, 9.17) is 0 Å². The molecule has 4 rings (SSSR count). The summed E-state index contributed by atoms with van der Waals surface area (Å²) in [6.45, 7) is 7.21. The molecule has 10 heteroatoms. The maximum absolute atomic E-state index is 13.3. The molecule has 1 aromatic carbocycles. The molecule has 3 heterocycles. The van der Waals surface area contributed by atoms with Gasteiger partial charge in [0.1, 0.15) is 0 Å². The third kappa shape index (κ3) is 4.90. The van der Waals surface area contributed by atoms with E-state index in [1.54, 1.807) is 19.9 Å². The Bertz CT molecular complexity index is 1040. The predicted molar refractivity (Wildman–Crippen MR) is 117 cm³/mol. The molecule has 7 nitrogen and oxygen atoms in total. The number of benzene rings is 1. The van der Waals surface area contributed by atoms with Crippen LogP contribution in [-0.2, 0) is 4.79 Å². The smallest absolute Gasteiger partial charge is 0.338 e. The van der Waals surface area contributed by atoms with Gasteiger partial charge in [0.15, 0.2) is 0 Å². The molecule has 2 aromatic rings. The number of nitrogens with zero attached hydrogens (tertiary/aromatic N) is 4. The number of piperidine rings is 1. The van der Waals surface area contributed by atoms with E-state index in [-0.39, 0.29) is 11.6 Å². The number of carbonyl (C=O) groups is 2. The number of hydrogen-bond acceptors (Lipinski definition) is 4. The number of aryl methyl sites for hydroxylation is 1. The Hall–Kier alpha value is -2.88. The van der Waals surface area contributed by atoms with Crippen molar-refractivity contribution in [2.24, 2.45) is 0 Å². The first kappa shape index (κ1) is 23.3. The Balaban J connectivity index is 1.50. The average Bonchev–Trinajstić information content (AvgIpc) is 3.41. The van der Waals surface area contributed by atoms with Gasteiger partial charge in [0.2, 0.25) is 0 Å². The number of amides is 2. The van der Waals surface area contributed by atoms with Crippen molar-refractivity contribution in [3.05, 3.63) is 41.2 Å².